The largest absolute Gasteiger partial charge is 0.467 e. The van der Waals surface area contributed by atoms with Crippen LogP contribution in [0.15, 0.2) is 41.2 Å². The van der Waals surface area contributed by atoms with Gasteiger partial charge in [-0.3, -0.25) is 0 Å². The highest BCUT2D eigenvalue weighted by Gasteiger charge is 2.37. The Morgan fingerprint density at radius 3 is 2.24 bits per heavy atom. The van der Waals surface area contributed by atoms with Crippen LogP contribution in [-0.2, 0) is 25.8 Å². The van der Waals surface area contributed by atoms with E-state index in [0.717, 1.165) is 4.68 Å². The van der Waals surface area contributed by atoms with Crippen molar-refractivity contribution in [2.45, 2.75) is 25.7 Å². The number of nitrogens with zero attached hydrogens (tertiary/aromatic N) is 5. The summed E-state index contributed by atoms with van der Waals surface area (Å²) in [6, 6.07) is 5.97. The van der Waals surface area contributed by atoms with Gasteiger partial charge >= 0.3 is 24.1 Å². The number of hydrogen-bond donors (Lipinski definition) is 0. The second-order valence-corrected chi connectivity index (χ2v) is 8.34. The van der Waals surface area contributed by atoms with E-state index in [1.165, 1.54) is 24.8 Å². The summed E-state index contributed by atoms with van der Waals surface area (Å²) in [5, 5.41) is 3.83. The second-order valence-electron chi connectivity index (χ2n) is 7.63. The number of methoxy groups -OCH3 is 1. The van der Waals surface area contributed by atoms with Gasteiger partial charge in [0, 0.05) is 24.1 Å². The molecule has 15 heteroatoms. The molecule has 0 spiro atoms. The summed E-state index contributed by atoms with van der Waals surface area (Å²) in [7, 11) is 2.76. The zero-order chi connectivity index (χ0) is 27.1. The average molecular weight is 545 g/mol. The van der Waals surface area contributed by atoms with Gasteiger partial charge in [0.25, 0.3) is 5.19 Å². The van der Waals surface area contributed by atoms with Gasteiger partial charge in [-0.1, -0.05) is 19.1 Å². The molecule has 0 atom stereocenters. The van der Waals surface area contributed by atoms with E-state index in [2.05, 4.69) is 14.5 Å². The van der Waals surface area contributed by atoms with Crippen LogP contribution in [0.2, 0.25) is 0 Å². The lowest BCUT2D eigenvalue weighted by atomic mass is 10.0. The molecule has 0 fully saturated rings. The van der Waals surface area contributed by atoms with Gasteiger partial charge < -0.3 is 9.47 Å². The van der Waals surface area contributed by atoms with Crippen LogP contribution < -0.4 is 15.2 Å². The van der Waals surface area contributed by atoms with Crippen LogP contribution >= 0.6 is 11.5 Å². The third-order valence-corrected chi connectivity index (χ3v) is 5.81. The van der Waals surface area contributed by atoms with Gasteiger partial charge in [0.15, 0.2) is 11.6 Å². The fourth-order valence-corrected chi connectivity index (χ4v) is 4.07. The van der Waals surface area contributed by atoms with Gasteiger partial charge in [-0.15, -0.1) is 5.10 Å². The SMILES string of the molecule is CCc1cccc(Oc2nc(-c3cc(C(F)(F)F)cc(C(F)(F)F)c3)ns2)c1-n1c(OC)nn(C)c1=O. The van der Waals surface area contributed by atoms with Gasteiger partial charge in [0.2, 0.25) is 0 Å². The van der Waals surface area contributed by atoms with Crippen LogP contribution in [0.1, 0.15) is 23.6 Å². The maximum absolute atomic E-state index is 13.2. The van der Waals surface area contributed by atoms with E-state index in [1.54, 1.807) is 12.1 Å². The molecule has 2 heterocycles. The molecule has 0 aliphatic rings. The lowest BCUT2D eigenvalue weighted by Crippen LogP contribution is -2.23. The smallest absolute Gasteiger partial charge is 0.416 e. The van der Waals surface area contributed by atoms with Gasteiger partial charge in [0.1, 0.15) is 5.69 Å². The summed E-state index contributed by atoms with van der Waals surface area (Å²) in [5.41, 5.74) is -3.05. The zero-order valence-electron chi connectivity index (χ0n) is 19.3. The fourth-order valence-electron chi connectivity index (χ4n) is 3.50. The summed E-state index contributed by atoms with van der Waals surface area (Å²) in [4.78, 5) is 16.7. The predicted octanol–water partition coefficient (Wildman–Crippen LogP) is 5.49. The molecule has 0 saturated heterocycles. The normalized spacial score (nSPS) is 12.1. The number of alkyl halides is 6. The highest BCUT2D eigenvalue weighted by Crippen LogP contribution is 2.39. The van der Waals surface area contributed by atoms with Crippen LogP contribution in [0.4, 0.5) is 26.3 Å². The molecule has 2 aromatic carbocycles. The van der Waals surface area contributed by atoms with E-state index < -0.39 is 34.7 Å². The Morgan fingerprint density at radius 2 is 1.68 bits per heavy atom. The molecule has 4 aromatic rings. The molecule has 4 rings (SSSR count). The zero-order valence-corrected chi connectivity index (χ0v) is 20.1. The van der Waals surface area contributed by atoms with E-state index in [-0.39, 0.29) is 34.5 Å². The number of aromatic nitrogens is 5. The third kappa shape index (κ3) is 5.16. The molecule has 0 N–H and O–H groups in total. The first-order valence-electron chi connectivity index (χ1n) is 10.5. The van der Waals surface area contributed by atoms with E-state index >= 15 is 0 Å². The van der Waals surface area contributed by atoms with Crippen LogP contribution in [0.3, 0.4) is 0 Å². The minimum absolute atomic E-state index is 0.0226. The molecule has 37 heavy (non-hydrogen) atoms. The first-order valence-corrected chi connectivity index (χ1v) is 11.2. The Morgan fingerprint density at radius 1 is 1.03 bits per heavy atom. The molecule has 8 nitrogen and oxygen atoms in total. The number of rotatable bonds is 6. The highest BCUT2D eigenvalue weighted by molar-refractivity contribution is 7.07. The number of para-hydroxylation sites is 1. The fraction of sp³-hybridized carbons (Fsp3) is 0.273. The summed E-state index contributed by atoms with van der Waals surface area (Å²) in [6.45, 7) is 1.84. The van der Waals surface area contributed by atoms with Crippen molar-refractivity contribution in [3.8, 4) is 34.0 Å². The first kappa shape index (κ1) is 26.2. The summed E-state index contributed by atoms with van der Waals surface area (Å²) < 4.78 is 96.6. The van der Waals surface area contributed by atoms with Crippen LogP contribution in [0.25, 0.3) is 17.1 Å². The van der Waals surface area contributed by atoms with Crippen molar-refractivity contribution >= 4 is 11.5 Å². The van der Waals surface area contributed by atoms with Crippen molar-refractivity contribution in [1.29, 1.82) is 0 Å². The summed E-state index contributed by atoms with van der Waals surface area (Å²) in [5.74, 6) is -0.267. The minimum atomic E-state index is -5.02. The standard InChI is InChI=1S/C22H17F6N5O3S/c1-4-11-6-5-7-15(16(11)33-18(35-3)30-32(2)20(33)34)36-19-29-17(31-37-19)12-8-13(21(23,24)25)10-14(9-12)22(26,27)28/h5-10H,4H2,1-3H3. The number of halogens is 6. The molecule has 0 radical (unpaired) electrons. The average Bonchev–Trinajstić information content (AvgIpc) is 3.41. The first-order chi connectivity index (χ1) is 17.3. The Balaban J connectivity index is 1.78. The van der Waals surface area contributed by atoms with Crippen molar-refractivity contribution in [1.82, 2.24) is 23.7 Å². The van der Waals surface area contributed by atoms with Gasteiger partial charge in [-0.2, -0.15) is 35.7 Å². The lowest BCUT2D eigenvalue weighted by Gasteiger charge is -2.14. The van der Waals surface area contributed by atoms with Crippen LogP contribution in [0.5, 0.6) is 17.0 Å². The van der Waals surface area contributed by atoms with Crippen molar-refractivity contribution in [3.63, 3.8) is 0 Å². The molecule has 0 aliphatic heterocycles. The molecular weight excluding hydrogens is 528 g/mol. The molecule has 0 saturated carbocycles. The Kier molecular flexibility index (Phi) is 6.75. The van der Waals surface area contributed by atoms with Gasteiger partial charge in [-0.25, -0.2) is 14.0 Å². The molecule has 196 valence electrons. The van der Waals surface area contributed by atoms with Crippen molar-refractivity contribution < 1.29 is 35.8 Å². The Labute approximate surface area is 208 Å². The van der Waals surface area contributed by atoms with Crippen LogP contribution in [0, 0.1) is 0 Å². The lowest BCUT2D eigenvalue weighted by molar-refractivity contribution is -0.143. The van der Waals surface area contributed by atoms with E-state index in [1.807, 2.05) is 6.92 Å². The van der Waals surface area contributed by atoms with Crippen molar-refractivity contribution in [3.05, 3.63) is 63.6 Å². The Bertz CT molecular complexity index is 1470. The molecule has 0 amide bonds. The van der Waals surface area contributed by atoms with Crippen molar-refractivity contribution in [2.24, 2.45) is 7.05 Å². The monoisotopic (exact) mass is 545 g/mol. The van der Waals surface area contributed by atoms with Crippen LogP contribution in [-0.4, -0.2) is 30.8 Å². The number of ether oxygens (including phenoxy) is 2. The van der Waals surface area contributed by atoms with E-state index in [9.17, 15) is 31.1 Å². The third-order valence-electron chi connectivity index (χ3n) is 5.22. The molecule has 0 aliphatic carbocycles. The second kappa shape index (κ2) is 9.53. The quantitative estimate of drug-likeness (QED) is 0.298. The number of hydrogen-bond acceptors (Lipinski definition) is 7. The number of benzene rings is 2. The summed E-state index contributed by atoms with van der Waals surface area (Å²) in [6.07, 6.45) is -9.56. The molecule has 0 bridgehead atoms. The van der Waals surface area contributed by atoms with E-state index in [0.29, 0.717) is 35.6 Å². The predicted molar refractivity (Wildman–Crippen MR) is 120 cm³/mol. The van der Waals surface area contributed by atoms with Crippen molar-refractivity contribution in [2.75, 3.05) is 7.11 Å². The number of aryl methyl sites for hydroxylation is 2. The maximum Gasteiger partial charge on any atom is 0.416 e. The Hall–Kier alpha value is -3.88. The minimum Gasteiger partial charge on any atom is -0.467 e. The van der Waals surface area contributed by atoms with E-state index in [4.69, 9.17) is 9.47 Å². The highest BCUT2D eigenvalue weighted by atomic mass is 32.1. The molecule has 0 unspecified atom stereocenters. The summed E-state index contributed by atoms with van der Waals surface area (Å²) >= 11 is 0.617. The topological polar surface area (TPSA) is 84.1 Å². The van der Waals surface area contributed by atoms with Gasteiger partial charge in [-0.05, 0) is 36.2 Å². The maximum atomic E-state index is 13.2. The molecule has 2 aromatic heterocycles. The van der Waals surface area contributed by atoms with Gasteiger partial charge in [0.05, 0.1) is 18.2 Å². The molecular formula is C22H17F6N5O3S.